The molecular weight excluding hydrogens is 182 g/mol. The minimum atomic E-state index is 0.716. The van der Waals surface area contributed by atoms with E-state index in [4.69, 9.17) is 0 Å². The highest BCUT2D eigenvalue weighted by Gasteiger charge is 2.17. The Kier molecular flexibility index (Phi) is 6.74. The zero-order chi connectivity index (χ0) is 10.9. The fourth-order valence-electron chi connectivity index (χ4n) is 2.55. The van der Waals surface area contributed by atoms with Gasteiger partial charge in [-0.05, 0) is 45.1 Å². The Morgan fingerprint density at radius 2 is 1.93 bits per heavy atom. The lowest BCUT2D eigenvalue weighted by atomic mass is 9.93. The highest BCUT2D eigenvalue weighted by Crippen LogP contribution is 2.25. The summed E-state index contributed by atoms with van der Waals surface area (Å²) < 4.78 is 0. The lowest BCUT2D eigenvalue weighted by Gasteiger charge is -2.23. The second kappa shape index (κ2) is 7.92. The van der Waals surface area contributed by atoms with E-state index in [2.05, 4.69) is 18.8 Å². The molecule has 1 heteroatoms. The summed E-state index contributed by atoms with van der Waals surface area (Å²) >= 11 is 0. The molecule has 1 aliphatic carbocycles. The van der Waals surface area contributed by atoms with E-state index >= 15 is 0 Å². The van der Waals surface area contributed by atoms with Gasteiger partial charge < -0.3 is 5.32 Å². The van der Waals surface area contributed by atoms with Gasteiger partial charge in [-0.25, -0.2) is 0 Å². The number of nitrogens with one attached hydrogen (secondary N) is 1. The number of hydrogen-bond acceptors (Lipinski definition) is 1. The third kappa shape index (κ3) is 5.36. The Hall–Kier alpha value is -0.300. The molecule has 0 bridgehead atoms. The largest absolute Gasteiger partial charge is 0.314 e. The maximum absolute atomic E-state index is 3.75. The predicted molar refractivity (Wildman–Crippen MR) is 68.1 cm³/mol. The summed E-state index contributed by atoms with van der Waals surface area (Å²) in [6.45, 7) is 7.27. The minimum Gasteiger partial charge on any atom is -0.314 e. The average Bonchev–Trinajstić information content (AvgIpc) is 2.52. The summed E-state index contributed by atoms with van der Waals surface area (Å²) in [6, 6.07) is 0.716. The Morgan fingerprint density at radius 1 is 1.27 bits per heavy atom. The molecule has 1 rings (SSSR count). The fraction of sp³-hybridized carbons (Fsp3) is 0.857. The van der Waals surface area contributed by atoms with Gasteiger partial charge in [0, 0.05) is 6.04 Å². The summed E-state index contributed by atoms with van der Waals surface area (Å²) in [4.78, 5) is 0. The molecule has 0 saturated heterocycles. The second-order valence-electron chi connectivity index (χ2n) is 4.93. The van der Waals surface area contributed by atoms with E-state index in [1.54, 1.807) is 0 Å². The highest BCUT2D eigenvalue weighted by molar-refractivity contribution is 4.75. The van der Waals surface area contributed by atoms with E-state index in [1.807, 2.05) is 6.08 Å². The van der Waals surface area contributed by atoms with Crippen molar-refractivity contribution < 1.29 is 0 Å². The molecule has 0 aromatic rings. The minimum absolute atomic E-state index is 0.716. The summed E-state index contributed by atoms with van der Waals surface area (Å²) in [5.74, 6) is 0.927. The van der Waals surface area contributed by atoms with Crippen molar-refractivity contribution in [1.82, 2.24) is 5.32 Å². The topological polar surface area (TPSA) is 12.0 Å². The van der Waals surface area contributed by atoms with Gasteiger partial charge in [0.1, 0.15) is 0 Å². The number of hydrogen-bond donors (Lipinski definition) is 1. The smallest absolute Gasteiger partial charge is 0.00669 e. The molecule has 0 unspecified atom stereocenters. The van der Waals surface area contributed by atoms with Crippen LogP contribution in [-0.2, 0) is 0 Å². The van der Waals surface area contributed by atoms with Crippen LogP contribution in [0, 0.1) is 5.92 Å². The first-order chi connectivity index (χ1) is 7.34. The van der Waals surface area contributed by atoms with E-state index in [-0.39, 0.29) is 0 Å². The molecule has 1 N–H and O–H groups in total. The molecule has 1 nitrogen and oxygen atoms in total. The van der Waals surface area contributed by atoms with Crippen LogP contribution < -0.4 is 5.32 Å². The molecule has 1 saturated carbocycles. The number of rotatable bonds is 6. The van der Waals surface area contributed by atoms with Crippen molar-refractivity contribution in [2.24, 2.45) is 5.92 Å². The van der Waals surface area contributed by atoms with Crippen LogP contribution in [0.1, 0.15) is 58.3 Å². The van der Waals surface area contributed by atoms with Gasteiger partial charge in [-0.1, -0.05) is 31.8 Å². The molecule has 1 aliphatic rings. The zero-order valence-electron chi connectivity index (χ0n) is 10.3. The van der Waals surface area contributed by atoms with Crippen molar-refractivity contribution >= 4 is 0 Å². The van der Waals surface area contributed by atoms with Gasteiger partial charge in [-0.15, -0.1) is 6.58 Å². The first-order valence-corrected chi connectivity index (χ1v) is 6.69. The SMILES string of the molecule is C=CCCCN[C@@H](C)C1CCCCCC1. The van der Waals surface area contributed by atoms with Gasteiger partial charge in [0.2, 0.25) is 0 Å². The van der Waals surface area contributed by atoms with Crippen LogP contribution in [-0.4, -0.2) is 12.6 Å². The zero-order valence-corrected chi connectivity index (χ0v) is 10.3. The van der Waals surface area contributed by atoms with E-state index in [9.17, 15) is 0 Å². The molecule has 0 heterocycles. The lowest BCUT2D eigenvalue weighted by Crippen LogP contribution is -2.34. The van der Waals surface area contributed by atoms with E-state index < -0.39 is 0 Å². The quantitative estimate of drug-likeness (QED) is 0.397. The Morgan fingerprint density at radius 3 is 2.53 bits per heavy atom. The normalized spacial score (nSPS) is 20.9. The predicted octanol–water partition coefficient (Wildman–Crippen LogP) is 3.90. The maximum Gasteiger partial charge on any atom is 0.00669 e. The number of unbranched alkanes of at least 4 members (excludes halogenated alkanes) is 1. The third-order valence-corrected chi connectivity index (χ3v) is 3.66. The summed E-state index contributed by atoms with van der Waals surface area (Å²) in [5.41, 5.74) is 0. The molecular formula is C14H27N. The summed E-state index contributed by atoms with van der Waals surface area (Å²) in [7, 11) is 0. The molecule has 0 spiro atoms. The van der Waals surface area contributed by atoms with Crippen molar-refractivity contribution in [3.05, 3.63) is 12.7 Å². The third-order valence-electron chi connectivity index (χ3n) is 3.66. The van der Waals surface area contributed by atoms with Gasteiger partial charge in [0.05, 0.1) is 0 Å². The van der Waals surface area contributed by atoms with Crippen molar-refractivity contribution in [2.75, 3.05) is 6.54 Å². The molecule has 15 heavy (non-hydrogen) atoms. The molecule has 0 aliphatic heterocycles. The van der Waals surface area contributed by atoms with Gasteiger partial charge in [0.15, 0.2) is 0 Å². The van der Waals surface area contributed by atoms with Crippen LogP contribution in [0.5, 0.6) is 0 Å². The van der Waals surface area contributed by atoms with Crippen molar-refractivity contribution in [3.63, 3.8) is 0 Å². The van der Waals surface area contributed by atoms with Crippen LogP contribution in [0.2, 0.25) is 0 Å². The van der Waals surface area contributed by atoms with Gasteiger partial charge >= 0.3 is 0 Å². The fourth-order valence-corrected chi connectivity index (χ4v) is 2.55. The summed E-state index contributed by atoms with van der Waals surface area (Å²) in [6.07, 6.45) is 13.1. The Balaban J connectivity index is 2.13. The number of allylic oxidation sites excluding steroid dienone is 1. The highest BCUT2D eigenvalue weighted by atomic mass is 14.9. The van der Waals surface area contributed by atoms with Crippen molar-refractivity contribution in [1.29, 1.82) is 0 Å². The molecule has 88 valence electrons. The van der Waals surface area contributed by atoms with Crippen LogP contribution >= 0.6 is 0 Å². The average molecular weight is 209 g/mol. The second-order valence-corrected chi connectivity index (χ2v) is 4.93. The maximum atomic E-state index is 3.75. The molecule has 0 aromatic carbocycles. The van der Waals surface area contributed by atoms with Gasteiger partial charge in [-0.2, -0.15) is 0 Å². The first kappa shape index (κ1) is 12.8. The van der Waals surface area contributed by atoms with Crippen LogP contribution in [0.25, 0.3) is 0 Å². The first-order valence-electron chi connectivity index (χ1n) is 6.69. The van der Waals surface area contributed by atoms with Crippen LogP contribution in [0.3, 0.4) is 0 Å². The summed E-state index contributed by atoms with van der Waals surface area (Å²) in [5, 5.41) is 3.67. The van der Waals surface area contributed by atoms with Crippen molar-refractivity contribution in [3.8, 4) is 0 Å². The van der Waals surface area contributed by atoms with Crippen LogP contribution in [0.4, 0.5) is 0 Å². The van der Waals surface area contributed by atoms with Crippen LogP contribution in [0.15, 0.2) is 12.7 Å². The molecule has 1 atom stereocenters. The monoisotopic (exact) mass is 209 g/mol. The van der Waals surface area contributed by atoms with Crippen molar-refractivity contribution in [2.45, 2.75) is 64.3 Å². The lowest BCUT2D eigenvalue weighted by molar-refractivity contribution is 0.337. The Bertz CT molecular complexity index is 157. The van der Waals surface area contributed by atoms with E-state index in [1.165, 1.54) is 44.9 Å². The molecule has 0 amide bonds. The molecule has 0 aromatic heterocycles. The van der Waals surface area contributed by atoms with E-state index in [0.717, 1.165) is 18.9 Å². The van der Waals surface area contributed by atoms with E-state index in [0.29, 0.717) is 6.04 Å². The Labute approximate surface area is 95.3 Å². The molecule has 1 fully saturated rings. The molecule has 0 radical (unpaired) electrons. The van der Waals surface area contributed by atoms with Gasteiger partial charge in [0.25, 0.3) is 0 Å². The standard InChI is InChI=1S/C14H27N/c1-3-4-9-12-15-13(2)14-10-7-5-6-8-11-14/h3,13-15H,1,4-12H2,2H3/t13-/m0/s1. The van der Waals surface area contributed by atoms with Gasteiger partial charge in [-0.3, -0.25) is 0 Å².